The highest BCUT2D eigenvalue weighted by molar-refractivity contribution is 8.00. The standard InChI is InChI=1S/C16H21FN2S2/c1-16(2)10-19(6-7-20-16)9-11-14(8-18)21-13-5-3-4-12(17)15(11)13/h3-5H,6-10,18H2,1-2H3. The average molecular weight is 324 g/mol. The lowest BCUT2D eigenvalue weighted by molar-refractivity contribution is 0.253. The van der Waals surface area contributed by atoms with Crippen LogP contribution in [0.15, 0.2) is 18.2 Å². The minimum atomic E-state index is -0.121. The lowest BCUT2D eigenvalue weighted by Gasteiger charge is -2.37. The van der Waals surface area contributed by atoms with Crippen LogP contribution >= 0.6 is 23.1 Å². The van der Waals surface area contributed by atoms with Gasteiger partial charge in [0.1, 0.15) is 5.82 Å². The SMILES string of the molecule is CC1(C)CN(Cc2c(CN)sc3cccc(F)c23)CCS1. The summed E-state index contributed by atoms with van der Waals surface area (Å²) in [6.07, 6.45) is 0. The second kappa shape index (κ2) is 5.88. The molecule has 21 heavy (non-hydrogen) atoms. The van der Waals surface area contributed by atoms with Crippen molar-refractivity contribution in [2.45, 2.75) is 31.7 Å². The molecule has 0 spiro atoms. The first-order valence-electron chi connectivity index (χ1n) is 7.25. The molecule has 0 amide bonds. The Morgan fingerprint density at radius 1 is 1.38 bits per heavy atom. The molecule has 2 nitrogen and oxygen atoms in total. The molecule has 5 heteroatoms. The monoisotopic (exact) mass is 324 g/mol. The van der Waals surface area contributed by atoms with Crippen molar-refractivity contribution < 1.29 is 4.39 Å². The van der Waals surface area contributed by atoms with E-state index < -0.39 is 0 Å². The molecule has 114 valence electrons. The van der Waals surface area contributed by atoms with Crippen molar-refractivity contribution in [3.8, 4) is 0 Å². The second-order valence-corrected chi connectivity index (χ2v) is 9.08. The van der Waals surface area contributed by atoms with E-state index in [0.717, 1.165) is 45.9 Å². The van der Waals surface area contributed by atoms with E-state index in [9.17, 15) is 4.39 Å². The minimum absolute atomic E-state index is 0.121. The number of halogens is 1. The third kappa shape index (κ3) is 3.11. The Hall–Kier alpha value is -0.620. The first kappa shape index (κ1) is 15.3. The van der Waals surface area contributed by atoms with E-state index in [1.165, 1.54) is 0 Å². The van der Waals surface area contributed by atoms with Crippen molar-refractivity contribution in [3.63, 3.8) is 0 Å². The number of thiophene rings is 1. The third-order valence-electron chi connectivity index (χ3n) is 3.92. The van der Waals surface area contributed by atoms with Gasteiger partial charge < -0.3 is 5.73 Å². The number of nitrogens with two attached hydrogens (primary N) is 1. The maximum atomic E-state index is 14.2. The predicted molar refractivity (Wildman–Crippen MR) is 91.5 cm³/mol. The molecule has 1 aliphatic rings. The van der Waals surface area contributed by atoms with E-state index in [4.69, 9.17) is 5.73 Å². The highest BCUT2D eigenvalue weighted by atomic mass is 32.2. The van der Waals surface area contributed by atoms with Crippen LogP contribution in [0.4, 0.5) is 4.39 Å². The zero-order valence-electron chi connectivity index (χ0n) is 12.5. The Bertz CT molecular complexity index is 651. The van der Waals surface area contributed by atoms with Gasteiger partial charge in [-0.3, -0.25) is 4.90 Å². The van der Waals surface area contributed by atoms with Gasteiger partial charge in [-0.05, 0) is 31.5 Å². The van der Waals surface area contributed by atoms with Crippen LogP contribution in [0.25, 0.3) is 10.1 Å². The van der Waals surface area contributed by atoms with Crippen LogP contribution in [0.1, 0.15) is 24.3 Å². The lowest BCUT2D eigenvalue weighted by atomic mass is 10.1. The molecule has 3 rings (SSSR count). The normalized spacial score (nSPS) is 19.2. The number of nitrogens with zero attached hydrogens (tertiary/aromatic N) is 1. The highest BCUT2D eigenvalue weighted by Crippen LogP contribution is 2.36. The number of hydrogen-bond donors (Lipinski definition) is 1. The molecular formula is C16H21FN2S2. The Kier molecular flexibility index (Phi) is 4.28. The maximum Gasteiger partial charge on any atom is 0.132 e. The van der Waals surface area contributed by atoms with Gasteiger partial charge in [0.25, 0.3) is 0 Å². The molecule has 0 aliphatic carbocycles. The van der Waals surface area contributed by atoms with Gasteiger partial charge in [-0.2, -0.15) is 11.8 Å². The Morgan fingerprint density at radius 3 is 2.90 bits per heavy atom. The summed E-state index contributed by atoms with van der Waals surface area (Å²) in [5.41, 5.74) is 6.98. The molecule has 1 aromatic heterocycles. The molecule has 0 atom stereocenters. The summed E-state index contributed by atoms with van der Waals surface area (Å²) in [6.45, 7) is 7.94. The van der Waals surface area contributed by atoms with Crippen molar-refractivity contribution in [1.29, 1.82) is 0 Å². The van der Waals surface area contributed by atoms with E-state index in [2.05, 4.69) is 18.7 Å². The summed E-state index contributed by atoms with van der Waals surface area (Å²) in [7, 11) is 0. The lowest BCUT2D eigenvalue weighted by Crippen LogP contribution is -2.42. The van der Waals surface area contributed by atoms with Gasteiger partial charge in [0.05, 0.1) is 0 Å². The van der Waals surface area contributed by atoms with Crippen LogP contribution in [-0.4, -0.2) is 28.5 Å². The van der Waals surface area contributed by atoms with Gasteiger partial charge in [0.15, 0.2) is 0 Å². The molecule has 1 saturated heterocycles. The smallest absolute Gasteiger partial charge is 0.132 e. The van der Waals surface area contributed by atoms with E-state index in [1.807, 2.05) is 17.8 Å². The van der Waals surface area contributed by atoms with E-state index >= 15 is 0 Å². The summed E-state index contributed by atoms with van der Waals surface area (Å²) in [5.74, 6) is 1.01. The number of thioether (sulfide) groups is 1. The molecule has 2 aromatic rings. The zero-order chi connectivity index (χ0) is 15.0. The summed E-state index contributed by atoms with van der Waals surface area (Å²) in [5, 5.41) is 0.777. The van der Waals surface area contributed by atoms with Crippen molar-refractivity contribution in [3.05, 3.63) is 34.5 Å². The maximum absolute atomic E-state index is 14.2. The van der Waals surface area contributed by atoms with Crippen LogP contribution in [-0.2, 0) is 13.1 Å². The van der Waals surface area contributed by atoms with E-state index in [0.29, 0.717) is 6.54 Å². The quantitative estimate of drug-likeness (QED) is 0.930. The molecule has 2 N–H and O–H groups in total. The van der Waals surface area contributed by atoms with Gasteiger partial charge in [-0.15, -0.1) is 11.3 Å². The molecular weight excluding hydrogens is 303 g/mol. The molecule has 0 radical (unpaired) electrons. The molecule has 0 unspecified atom stereocenters. The van der Waals surface area contributed by atoms with Crippen molar-refractivity contribution in [1.82, 2.24) is 4.90 Å². The van der Waals surface area contributed by atoms with Crippen molar-refractivity contribution in [2.75, 3.05) is 18.8 Å². The van der Waals surface area contributed by atoms with Crippen LogP contribution < -0.4 is 5.73 Å². The van der Waals surface area contributed by atoms with Gasteiger partial charge in [-0.25, -0.2) is 4.39 Å². The zero-order valence-corrected chi connectivity index (χ0v) is 14.1. The first-order valence-corrected chi connectivity index (χ1v) is 9.05. The molecule has 1 aromatic carbocycles. The van der Waals surface area contributed by atoms with E-state index in [-0.39, 0.29) is 10.6 Å². The Labute approximate surface area is 133 Å². The minimum Gasteiger partial charge on any atom is -0.326 e. The Morgan fingerprint density at radius 2 is 2.19 bits per heavy atom. The van der Waals surface area contributed by atoms with Gasteiger partial charge in [0, 0.05) is 51.6 Å². The van der Waals surface area contributed by atoms with Crippen LogP contribution in [0.2, 0.25) is 0 Å². The van der Waals surface area contributed by atoms with Gasteiger partial charge >= 0.3 is 0 Å². The average Bonchev–Trinajstić information content (AvgIpc) is 2.77. The number of benzene rings is 1. The fourth-order valence-corrected chi connectivity index (χ4v) is 5.30. The van der Waals surface area contributed by atoms with Crippen LogP contribution in [0.3, 0.4) is 0 Å². The molecule has 0 saturated carbocycles. The molecule has 1 aliphatic heterocycles. The summed E-state index contributed by atoms with van der Waals surface area (Å²) < 4.78 is 15.5. The van der Waals surface area contributed by atoms with Crippen LogP contribution in [0.5, 0.6) is 0 Å². The van der Waals surface area contributed by atoms with Crippen molar-refractivity contribution in [2.24, 2.45) is 5.73 Å². The van der Waals surface area contributed by atoms with Crippen LogP contribution in [0, 0.1) is 5.82 Å². The molecule has 2 heterocycles. The summed E-state index contributed by atoms with van der Waals surface area (Å²) in [4.78, 5) is 3.55. The van der Waals surface area contributed by atoms with Crippen molar-refractivity contribution >= 4 is 33.2 Å². The number of fused-ring (bicyclic) bond motifs is 1. The topological polar surface area (TPSA) is 29.3 Å². The molecule has 0 bridgehead atoms. The fourth-order valence-electron chi connectivity index (χ4n) is 3.02. The summed E-state index contributed by atoms with van der Waals surface area (Å²) in [6, 6.07) is 5.31. The van der Waals surface area contributed by atoms with E-state index in [1.54, 1.807) is 23.5 Å². The molecule has 1 fully saturated rings. The largest absolute Gasteiger partial charge is 0.326 e. The van der Waals surface area contributed by atoms with Gasteiger partial charge in [-0.1, -0.05) is 6.07 Å². The predicted octanol–water partition coefficient (Wildman–Crippen LogP) is 3.83. The number of hydrogen-bond acceptors (Lipinski definition) is 4. The highest BCUT2D eigenvalue weighted by Gasteiger charge is 2.28. The first-order chi connectivity index (χ1) is 10.00. The Balaban J connectivity index is 1.96. The second-order valence-electron chi connectivity index (χ2n) is 6.14. The fraction of sp³-hybridized carbons (Fsp3) is 0.500. The van der Waals surface area contributed by atoms with Gasteiger partial charge in [0.2, 0.25) is 0 Å². The summed E-state index contributed by atoms with van der Waals surface area (Å²) >= 11 is 3.65. The number of rotatable bonds is 3. The third-order valence-corrected chi connectivity index (χ3v) is 6.44.